The Hall–Kier alpha value is -0.220. The second-order valence-electron chi connectivity index (χ2n) is 6.51. The van der Waals surface area contributed by atoms with Crippen molar-refractivity contribution in [3.63, 3.8) is 0 Å². The van der Waals surface area contributed by atoms with E-state index >= 15 is 0 Å². The summed E-state index contributed by atoms with van der Waals surface area (Å²) in [6.45, 7) is 7.02. The van der Waals surface area contributed by atoms with Gasteiger partial charge in [0.15, 0.2) is 0 Å². The zero-order chi connectivity index (χ0) is 14.5. The van der Waals surface area contributed by atoms with Crippen LogP contribution in [-0.4, -0.2) is 37.2 Å². The number of nitrogens with one attached hydrogen (secondary N) is 1. The van der Waals surface area contributed by atoms with Crippen LogP contribution in [0.1, 0.15) is 46.5 Å². The Morgan fingerprint density at radius 1 is 1.37 bits per heavy atom. The number of ether oxygens (including phenoxy) is 1. The number of thioether (sulfide) groups is 1. The highest BCUT2D eigenvalue weighted by molar-refractivity contribution is 7.99. The van der Waals surface area contributed by atoms with E-state index in [1.54, 1.807) is 0 Å². The van der Waals surface area contributed by atoms with Crippen molar-refractivity contribution in [2.75, 3.05) is 19.9 Å². The molecule has 1 aliphatic carbocycles. The third-order valence-corrected chi connectivity index (χ3v) is 5.64. The van der Waals surface area contributed by atoms with E-state index in [9.17, 15) is 4.79 Å². The highest BCUT2D eigenvalue weighted by Crippen LogP contribution is 2.41. The summed E-state index contributed by atoms with van der Waals surface area (Å²) in [6.07, 6.45) is 4.33. The van der Waals surface area contributed by atoms with E-state index in [1.807, 2.05) is 11.8 Å². The summed E-state index contributed by atoms with van der Waals surface area (Å²) in [5.74, 6) is 1.55. The summed E-state index contributed by atoms with van der Waals surface area (Å²) in [7, 11) is 3.51. The first-order valence-electron chi connectivity index (χ1n) is 7.24. The highest BCUT2D eigenvalue weighted by Gasteiger charge is 2.35. The van der Waals surface area contributed by atoms with Crippen LogP contribution < -0.4 is 5.32 Å². The largest absolute Gasteiger partial charge is 0.469 e. The van der Waals surface area contributed by atoms with Gasteiger partial charge < -0.3 is 10.1 Å². The van der Waals surface area contributed by atoms with Crippen molar-refractivity contribution in [3.05, 3.63) is 0 Å². The molecule has 0 spiro atoms. The predicted octanol–water partition coefficient (Wildman–Crippen LogP) is 3.09. The van der Waals surface area contributed by atoms with Crippen LogP contribution >= 0.6 is 11.8 Å². The van der Waals surface area contributed by atoms with Crippen LogP contribution in [0.2, 0.25) is 0 Å². The lowest BCUT2D eigenvalue weighted by Crippen LogP contribution is -2.43. The van der Waals surface area contributed by atoms with Crippen LogP contribution in [0, 0.1) is 11.3 Å². The Bertz CT molecular complexity index is 288. The third-order valence-electron chi connectivity index (χ3n) is 4.25. The quantitative estimate of drug-likeness (QED) is 0.789. The Balaban J connectivity index is 2.48. The molecule has 0 aromatic heterocycles. The topological polar surface area (TPSA) is 38.3 Å². The summed E-state index contributed by atoms with van der Waals surface area (Å²) < 4.78 is 4.70. The number of carbonyl (C=O) groups excluding carboxylic acids is 1. The van der Waals surface area contributed by atoms with E-state index in [0.717, 1.165) is 11.7 Å². The van der Waals surface area contributed by atoms with E-state index in [-0.39, 0.29) is 5.97 Å². The number of rotatable bonds is 5. The number of carbonyl (C=O) groups is 1. The second-order valence-corrected chi connectivity index (χ2v) is 7.85. The maximum atomic E-state index is 11.2. The first-order chi connectivity index (χ1) is 8.88. The monoisotopic (exact) mass is 287 g/mol. The molecule has 1 rings (SSSR count). The second kappa shape index (κ2) is 7.53. The van der Waals surface area contributed by atoms with Crippen molar-refractivity contribution in [2.24, 2.45) is 11.3 Å². The lowest BCUT2D eigenvalue weighted by atomic mass is 9.71. The third kappa shape index (κ3) is 5.35. The van der Waals surface area contributed by atoms with Crippen molar-refractivity contribution in [2.45, 2.75) is 57.7 Å². The molecule has 1 aliphatic rings. The maximum absolute atomic E-state index is 11.2. The van der Waals surface area contributed by atoms with Gasteiger partial charge in [0.25, 0.3) is 0 Å². The smallest absolute Gasteiger partial charge is 0.306 e. The molecule has 3 unspecified atom stereocenters. The first-order valence-corrected chi connectivity index (χ1v) is 8.29. The number of hydrogen-bond donors (Lipinski definition) is 1. The lowest BCUT2D eigenvalue weighted by Gasteiger charge is -2.41. The fourth-order valence-corrected chi connectivity index (χ4v) is 4.29. The van der Waals surface area contributed by atoms with Gasteiger partial charge in [0, 0.05) is 17.0 Å². The van der Waals surface area contributed by atoms with Crippen molar-refractivity contribution >= 4 is 17.7 Å². The average Bonchev–Trinajstić information content (AvgIpc) is 2.37. The van der Waals surface area contributed by atoms with Gasteiger partial charge in [-0.25, -0.2) is 0 Å². The Morgan fingerprint density at radius 3 is 2.58 bits per heavy atom. The van der Waals surface area contributed by atoms with E-state index < -0.39 is 0 Å². The summed E-state index contributed by atoms with van der Waals surface area (Å²) >= 11 is 1.93. The van der Waals surface area contributed by atoms with Crippen LogP contribution in [0.25, 0.3) is 0 Å². The van der Waals surface area contributed by atoms with Gasteiger partial charge >= 0.3 is 5.97 Å². The standard InChI is InChI=1S/C15H29NO2S/c1-15(2,3)11-6-7-12(16-4)13(10-11)19-9-8-14(17)18-5/h11-13,16H,6-10H2,1-5H3. The molecule has 4 heteroatoms. The highest BCUT2D eigenvalue weighted by atomic mass is 32.2. The van der Waals surface area contributed by atoms with Gasteiger partial charge in [-0.15, -0.1) is 0 Å². The van der Waals surface area contributed by atoms with Crippen molar-refractivity contribution < 1.29 is 9.53 Å². The first kappa shape index (κ1) is 16.8. The van der Waals surface area contributed by atoms with Gasteiger partial charge in [0.05, 0.1) is 13.5 Å². The van der Waals surface area contributed by atoms with E-state index in [4.69, 9.17) is 4.74 Å². The predicted molar refractivity (Wildman–Crippen MR) is 82.5 cm³/mol. The fraction of sp³-hybridized carbons (Fsp3) is 0.933. The Labute approximate surface area is 122 Å². The zero-order valence-corrected chi connectivity index (χ0v) is 13.8. The number of hydrogen-bond acceptors (Lipinski definition) is 4. The van der Waals surface area contributed by atoms with Gasteiger partial charge in [0.1, 0.15) is 0 Å². The van der Waals surface area contributed by atoms with Crippen LogP contribution in [0.3, 0.4) is 0 Å². The van der Waals surface area contributed by atoms with Crippen molar-refractivity contribution in [3.8, 4) is 0 Å². The molecule has 1 saturated carbocycles. The molecule has 3 atom stereocenters. The fourth-order valence-electron chi connectivity index (χ4n) is 2.83. The number of esters is 1. The van der Waals surface area contributed by atoms with Crippen LogP contribution in [-0.2, 0) is 9.53 Å². The SMILES string of the molecule is CNC1CCC(C(C)(C)C)CC1SCCC(=O)OC. The summed E-state index contributed by atoms with van der Waals surface area (Å²) in [5, 5.41) is 4.06. The normalized spacial score (nSPS) is 28.2. The van der Waals surface area contributed by atoms with Gasteiger partial charge in [-0.3, -0.25) is 4.79 Å². The molecular weight excluding hydrogens is 258 g/mol. The molecule has 0 saturated heterocycles. The molecule has 0 amide bonds. The molecule has 0 bridgehead atoms. The molecule has 1 fully saturated rings. The number of methoxy groups -OCH3 is 1. The average molecular weight is 287 g/mol. The minimum Gasteiger partial charge on any atom is -0.469 e. The summed E-state index contributed by atoms with van der Waals surface area (Å²) in [4.78, 5) is 11.2. The molecule has 0 aromatic rings. The minimum absolute atomic E-state index is 0.100. The maximum Gasteiger partial charge on any atom is 0.306 e. The molecule has 0 heterocycles. The molecular formula is C15H29NO2S. The molecule has 19 heavy (non-hydrogen) atoms. The van der Waals surface area contributed by atoms with Crippen LogP contribution in [0.15, 0.2) is 0 Å². The molecule has 0 aliphatic heterocycles. The Morgan fingerprint density at radius 2 is 2.05 bits per heavy atom. The molecule has 0 radical (unpaired) electrons. The lowest BCUT2D eigenvalue weighted by molar-refractivity contribution is -0.140. The van der Waals surface area contributed by atoms with Gasteiger partial charge in [-0.1, -0.05) is 20.8 Å². The van der Waals surface area contributed by atoms with Gasteiger partial charge in [-0.05, 0) is 37.6 Å². The molecule has 0 aromatic carbocycles. The molecule has 3 nitrogen and oxygen atoms in total. The molecule has 112 valence electrons. The zero-order valence-electron chi connectivity index (χ0n) is 13.0. The summed E-state index contributed by atoms with van der Waals surface area (Å²) in [6, 6.07) is 0.584. The van der Waals surface area contributed by atoms with Crippen LogP contribution in [0.5, 0.6) is 0 Å². The van der Waals surface area contributed by atoms with E-state index in [0.29, 0.717) is 23.1 Å². The van der Waals surface area contributed by atoms with E-state index in [2.05, 4.69) is 33.1 Å². The Kier molecular flexibility index (Phi) is 6.67. The van der Waals surface area contributed by atoms with E-state index in [1.165, 1.54) is 26.4 Å². The van der Waals surface area contributed by atoms with Gasteiger partial charge in [0.2, 0.25) is 0 Å². The van der Waals surface area contributed by atoms with Crippen molar-refractivity contribution in [1.82, 2.24) is 5.32 Å². The minimum atomic E-state index is -0.100. The van der Waals surface area contributed by atoms with Gasteiger partial charge in [-0.2, -0.15) is 11.8 Å². The van der Waals surface area contributed by atoms with Crippen LogP contribution in [0.4, 0.5) is 0 Å². The summed E-state index contributed by atoms with van der Waals surface area (Å²) in [5.41, 5.74) is 0.389. The molecule has 1 N–H and O–H groups in total. The van der Waals surface area contributed by atoms with Crippen molar-refractivity contribution in [1.29, 1.82) is 0 Å².